The highest BCUT2D eigenvalue weighted by molar-refractivity contribution is 6.04. The van der Waals surface area contributed by atoms with E-state index in [4.69, 9.17) is 14.2 Å². The standard InChI is InChI=1S/C16H17NO6/c1-21-15(19)11-6-13-14(7-12(11)16(20)22-2)23-8-9-5-10(18)3-4-17(9)13/h6-7,9H,3-5,8H2,1-2H3/t9-/m1/s1. The number of piperidine rings is 1. The number of esters is 2. The van der Waals surface area contributed by atoms with Crippen LogP contribution in [0.15, 0.2) is 12.1 Å². The van der Waals surface area contributed by atoms with Gasteiger partial charge in [-0.25, -0.2) is 9.59 Å². The highest BCUT2D eigenvalue weighted by Gasteiger charge is 2.35. The van der Waals surface area contributed by atoms with Crippen LogP contribution < -0.4 is 9.64 Å². The Balaban J connectivity index is 2.08. The van der Waals surface area contributed by atoms with E-state index in [0.717, 1.165) is 0 Å². The van der Waals surface area contributed by atoms with Gasteiger partial charge in [-0.1, -0.05) is 0 Å². The SMILES string of the molecule is COC(=O)c1cc2c(cc1C(=O)OC)N1CCC(=O)C[C@@H]1CO2. The van der Waals surface area contributed by atoms with Crippen LogP contribution in [0.4, 0.5) is 5.69 Å². The lowest BCUT2D eigenvalue weighted by atomic mass is 9.97. The van der Waals surface area contributed by atoms with Gasteiger partial charge in [0, 0.05) is 19.4 Å². The lowest BCUT2D eigenvalue weighted by Gasteiger charge is -2.41. The van der Waals surface area contributed by atoms with Crippen molar-refractivity contribution in [2.45, 2.75) is 18.9 Å². The zero-order chi connectivity index (χ0) is 16.6. The predicted molar refractivity (Wildman–Crippen MR) is 80.0 cm³/mol. The molecular formula is C16H17NO6. The summed E-state index contributed by atoms with van der Waals surface area (Å²) in [5.74, 6) is -0.544. The Morgan fingerprint density at radius 3 is 2.48 bits per heavy atom. The van der Waals surface area contributed by atoms with Gasteiger partial charge in [-0.3, -0.25) is 4.79 Å². The Bertz CT molecular complexity index is 683. The number of methoxy groups -OCH3 is 2. The van der Waals surface area contributed by atoms with Crippen LogP contribution in [0.5, 0.6) is 5.75 Å². The van der Waals surface area contributed by atoms with Gasteiger partial charge in [0.25, 0.3) is 0 Å². The average Bonchev–Trinajstić information content (AvgIpc) is 2.58. The van der Waals surface area contributed by atoms with E-state index in [2.05, 4.69) is 0 Å². The summed E-state index contributed by atoms with van der Waals surface area (Å²) in [4.78, 5) is 37.6. The highest BCUT2D eigenvalue weighted by atomic mass is 16.5. The molecule has 0 bridgehead atoms. The third-order valence-corrected chi connectivity index (χ3v) is 4.19. The van der Waals surface area contributed by atoms with Crippen molar-refractivity contribution in [3.05, 3.63) is 23.3 Å². The van der Waals surface area contributed by atoms with Crippen LogP contribution in [-0.4, -0.2) is 51.1 Å². The van der Waals surface area contributed by atoms with E-state index in [1.807, 2.05) is 4.90 Å². The first kappa shape index (κ1) is 15.3. The molecule has 1 aromatic carbocycles. The van der Waals surface area contributed by atoms with E-state index in [-0.39, 0.29) is 23.0 Å². The molecule has 0 aliphatic carbocycles. The fourth-order valence-electron chi connectivity index (χ4n) is 3.02. The number of anilines is 1. The minimum absolute atomic E-state index is 0.0433. The summed E-state index contributed by atoms with van der Waals surface area (Å²) in [5, 5.41) is 0. The van der Waals surface area contributed by atoms with Crippen molar-refractivity contribution in [3.8, 4) is 5.75 Å². The molecule has 122 valence electrons. The molecule has 2 aliphatic rings. The molecule has 0 aromatic heterocycles. The molecule has 1 atom stereocenters. The molecule has 0 spiro atoms. The first-order valence-electron chi connectivity index (χ1n) is 7.31. The Morgan fingerprint density at radius 2 is 1.83 bits per heavy atom. The van der Waals surface area contributed by atoms with Gasteiger partial charge in [0.1, 0.15) is 18.1 Å². The lowest BCUT2D eigenvalue weighted by molar-refractivity contribution is -0.120. The molecule has 2 aliphatic heterocycles. The van der Waals surface area contributed by atoms with Gasteiger partial charge >= 0.3 is 11.9 Å². The molecule has 1 fully saturated rings. The Kier molecular flexibility index (Phi) is 3.94. The maximum atomic E-state index is 12.0. The molecule has 1 aromatic rings. The summed E-state index contributed by atoms with van der Waals surface area (Å²) in [7, 11) is 2.50. The van der Waals surface area contributed by atoms with Gasteiger partial charge in [-0.05, 0) is 12.1 Å². The molecule has 1 saturated heterocycles. The van der Waals surface area contributed by atoms with Crippen molar-refractivity contribution in [2.75, 3.05) is 32.3 Å². The third-order valence-electron chi connectivity index (χ3n) is 4.19. The number of carbonyl (C=O) groups is 3. The van der Waals surface area contributed by atoms with Crippen molar-refractivity contribution in [1.82, 2.24) is 0 Å². The number of carbonyl (C=O) groups excluding carboxylic acids is 3. The Morgan fingerprint density at radius 1 is 1.17 bits per heavy atom. The third kappa shape index (κ3) is 2.62. The summed E-state index contributed by atoms with van der Waals surface area (Å²) in [6, 6.07) is 3.04. The maximum absolute atomic E-state index is 12.0. The van der Waals surface area contributed by atoms with Crippen molar-refractivity contribution in [3.63, 3.8) is 0 Å². The van der Waals surface area contributed by atoms with E-state index in [1.165, 1.54) is 20.3 Å². The number of hydrogen-bond donors (Lipinski definition) is 0. The fraction of sp³-hybridized carbons (Fsp3) is 0.438. The van der Waals surface area contributed by atoms with Crippen molar-refractivity contribution in [1.29, 1.82) is 0 Å². The molecule has 0 unspecified atom stereocenters. The van der Waals surface area contributed by atoms with Crippen LogP contribution >= 0.6 is 0 Å². The van der Waals surface area contributed by atoms with Crippen LogP contribution in [0.2, 0.25) is 0 Å². The fourth-order valence-corrected chi connectivity index (χ4v) is 3.02. The average molecular weight is 319 g/mol. The largest absolute Gasteiger partial charge is 0.489 e. The van der Waals surface area contributed by atoms with Crippen LogP contribution in [0.1, 0.15) is 33.6 Å². The number of ketones is 1. The Labute approximate surface area is 133 Å². The Hall–Kier alpha value is -2.57. The van der Waals surface area contributed by atoms with Crippen LogP contribution in [0.3, 0.4) is 0 Å². The molecule has 3 rings (SSSR count). The second-order valence-corrected chi connectivity index (χ2v) is 5.50. The van der Waals surface area contributed by atoms with E-state index in [0.29, 0.717) is 37.4 Å². The lowest BCUT2D eigenvalue weighted by Crippen LogP contribution is -2.48. The van der Waals surface area contributed by atoms with Crippen LogP contribution in [-0.2, 0) is 14.3 Å². The normalized spacial score (nSPS) is 19.3. The first-order valence-corrected chi connectivity index (χ1v) is 7.31. The minimum atomic E-state index is -0.632. The van der Waals surface area contributed by atoms with Gasteiger partial charge in [0.15, 0.2) is 0 Å². The second-order valence-electron chi connectivity index (χ2n) is 5.50. The molecule has 0 saturated carbocycles. The second kappa shape index (κ2) is 5.91. The summed E-state index contributed by atoms with van der Waals surface area (Å²) >= 11 is 0. The van der Waals surface area contributed by atoms with Crippen molar-refractivity contribution >= 4 is 23.4 Å². The topological polar surface area (TPSA) is 82.1 Å². The van der Waals surface area contributed by atoms with Crippen molar-refractivity contribution in [2.24, 2.45) is 0 Å². The van der Waals surface area contributed by atoms with Crippen LogP contribution in [0, 0.1) is 0 Å². The number of rotatable bonds is 2. The summed E-state index contributed by atoms with van der Waals surface area (Å²) in [6.45, 7) is 0.939. The molecule has 0 amide bonds. The zero-order valence-electron chi connectivity index (χ0n) is 13.0. The molecule has 2 heterocycles. The number of benzene rings is 1. The summed E-state index contributed by atoms with van der Waals surface area (Å²) < 4.78 is 15.2. The molecular weight excluding hydrogens is 302 g/mol. The smallest absolute Gasteiger partial charge is 0.338 e. The molecule has 7 heteroatoms. The number of hydrogen-bond acceptors (Lipinski definition) is 7. The summed E-state index contributed by atoms with van der Waals surface area (Å²) in [6.07, 6.45) is 0.883. The van der Waals surface area contributed by atoms with Gasteiger partial charge in [-0.2, -0.15) is 0 Å². The molecule has 0 radical (unpaired) electrons. The number of fused-ring (bicyclic) bond motifs is 3. The van der Waals surface area contributed by atoms with Crippen LogP contribution in [0.25, 0.3) is 0 Å². The monoisotopic (exact) mass is 319 g/mol. The minimum Gasteiger partial charge on any atom is -0.489 e. The maximum Gasteiger partial charge on any atom is 0.338 e. The number of nitrogens with zero attached hydrogens (tertiary/aromatic N) is 1. The van der Waals surface area contributed by atoms with Gasteiger partial charge in [-0.15, -0.1) is 0 Å². The van der Waals surface area contributed by atoms with E-state index >= 15 is 0 Å². The van der Waals surface area contributed by atoms with E-state index in [9.17, 15) is 14.4 Å². The van der Waals surface area contributed by atoms with Gasteiger partial charge in [0.2, 0.25) is 0 Å². The van der Waals surface area contributed by atoms with Crippen molar-refractivity contribution < 1.29 is 28.6 Å². The first-order chi connectivity index (χ1) is 11.0. The predicted octanol–water partition coefficient (Wildman–Crippen LogP) is 1.19. The van der Waals surface area contributed by atoms with Gasteiger partial charge < -0.3 is 19.1 Å². The van der Waals surface area contributed by atoms with E-state index < -0.39 is 11.9 Å². The molecule has 0 N–H and O–H groups in total. The highest BCUT2D eigenvalue weighted by Crippen LogP contribution is 2.39. The molecule has 7 nitrogen and oxygen atoms in total. The quantitative estimate of drug-likeness (QED) is 0.757. The summed E-state index contributed by atoms with van der Waals surface area (Å²) in [5.41, 5.74) is 0.922. The van der Waals surface area contributed by atoms with Gasteiger partial charge in [0.05, 0.1) is 37.1 Å². The molecule has 23 heavy (non-hydrogen) atoms. The van der Waals surface area contributed by atoms with E-state index in [1.54, 1.807) is 6.07 Å². The number of ether oxygens (including phenoxy) is 3. The number of Topliss-reactive ketones (excluding diaryl/α,β-unsaturated/α-hetero) is 1. The zero-order valence-corrected chi connectivity index (χ0v) is 13.0.